The van der Waals surface area contributed by atoms with Gasteiger partial charge in [-0.25, -0.2) is 4.79 Å². The number of benzene rings is 1. The first-order chi connectivity index (χ1) is 6.29. The largest absolute Gasteiger partial charge is 0.465 e. The molecule has 0 aromatic heterocycles. The molecule has 1 radical (unpaired) electrons. The molecule has 0 N–H and O–H groups in total. The van der Waals surface area contributed by atoms with Gasteiger partial charge in [0, 0.05) is 0 Å². The van der Waals surface area contributed by atoms with E-state index in [1.54, 1.807) is 12.1 Å². The van der Waals surface area contributed by atoms with Crippen LogP contribution in [0.3, 0.4) is 0 Å². The van der Waals surface area contributed by atoms with Crippen molar-refractivity contribution in [1.29, 1.82) is 0 Å². The van der Waals surface area contributed by atoms with E-state index < -0.39 is 0 Å². The summed E-state index contributed by atoms with van der Waals surface area (Å²) in [5.74, 6) is -0.277. The molecule has 0 unspecified atom stereocenters. The van der Waals surface area contributed by atoms with Crippen molar-refractivity contribution in [3.63, 3.8) is 0 Å². The van der Waals surface area contributed by atoms with Crippen LogP contribution in [0.5, 0.6) is 0 Å². The van der Waals surface area contributed by atoms with Gasteiger partial charge in [-0.15, -0.1) is 0 Å². The van der Waals surface area contributed by atoms with Crippen molar-refractivity contribution in [1.82, 2.24) is 0 Å². The molecule has 1 aromatic carbocycles. The third kappa shape index (κ3) is 2.31. The molecule has 2 heteroatoms. The van der Waals surface area contributed by atoms with Gasteiger partial charge >= 0.3 is 5.97 Å². The smallest absolute Gasteiger partial charge is 0.338 e. The van der Waals surface area contributed by atoms with Crippen molar-refractivity contribution < 1.29 is 9.53 Å². The lowest BCUT2D eigenvalue weighted by Crippen LogP contribution is -2.05. The van der Waals surface area contributed by atoms with E-state index in [2.05, 4.69) is 17.7 Å². The highest BCUT2D eigenvalue weighted by atomic mass is 16.5. The molecule has 0 spiro atoms. The number of carbonyl (C=O) groups excluding carboxylic acids is 1. The highest BCUT2D eigenvalue weighted by molar-refractivity contribution is 5.90. The van der Waals surface area contributed by atoms with Crippen LogP contribution in [0.4, 0.5) is 0 Å². The monoisotopic (exact) mass is 177 g/mol. The van der Waals surface area contributed by atoms with E-state index in [0.29, 0.717) is 5.56 Å². The van der Waals surface area contributed by atoms with E-state index in [4.69, 9.17) is 0 Å². The normalized spacial score (nSPS) is 9.69. The summed E-state index contributed by atoms with van der Waals surface area (Å²) in [6.45, 7) is 2.07. The number of hydrogen-bond acceptors (Lipinski definition) is 2. The third-order valence-corrected chi connectivity index (χ3v) is 1.85. The summed E-state index contributed by atoms with van der Waals surface area (Å²) in [4.78, 5) is 11.3. The Bertz CT molecular complexity index is 292. The van der Waals surface area contributed by atoms with Gasteiger partial charge in [-0.3, -0.25) is 0 Å². The van der Waals surface area contributed by atoms with Gasteiger partial charge in [0.25, 0.3) is 0 Å². The van der Waals surface area contributed by atoms with Crippen molar-refractivity contribution in [2.75, 3.05) is 7.11 Å². The first kappa shape index (κ1) is 9.78. The number of rotatable bonds is 3. The second-order valence-electron chi connectivity index (χ2n) is 2.80. The maximum atomic E-state index is 11.3. The van der Waals surface area contributed by atoms with Gasteiger partial charge in [0.05, 0.1) is 12.7 Å². The number of hydrogen-bond donors (Lipinski definition) is 0. The van der Waals surface area contributed by atoms with E-state index >= 15 is 0 Å². The average Bonchev–Trinajstić information content (AvgIpc) is 2.18. The molecule has 0 saturated heterocycles. The van der Waals surface area contributed by atoms with Crippen LogP contribution in [0.2, 0.25) is 0 Å². The van der Waals surface area contributed by atoms with Gasteiger partial charge in [-0.05, 0) is 24.1 Å². The van der Waals surface area contributed by atoms with Crippen molar-refractivity contribution in [2.45, 2.75) is 19.8 Å². The molecule has 0 fully saturated rings. The van der Waals surface area contributed by atoms with Crippen molar-refractivity contribution in [3.8, 4) is 0 Å². The maximum absolute atomic E-state index is 11.3. The van der Waals surface area contributed by atoms with E-state index in [1.807, 2.05) is 6.07 Å². The molecular formula is C11H13O2. The summed E-state index contributed by atoms with van der Waals surface area (Å²) in [6.07, 6.45) is 1.87. The second kappa shape index (κ2) is 4.65. The van der Waals surface area contributed by atoms with Gasteiger partial charge in [0.2, 0.25) is 0 Å². The van der Waals surface area contributed by atoms with Crippen LogP contribution in [0.15, 0.2) is 18.2 Å². The Balaban J connectivity index is 2.97. The van der Waals surface area contributed by atoms with Crippen LogP contribution in [0.25, 0.3) is 0 Å². The molecule has 0 saturated carbocycles. The molecule has 0 atom stereocenters. The lowest BCUT2D eigenvalue weighted by molar-refractivity contribution is 0.0599. The minimum absolute atomic E-state index is 0.277. The van der Waals surface area contributed by atoms with Crippen LogP contribution in [-0.4, -0.2) is 13.1 Å². The molecule has 0 amide bonds. The summed E-state index contributed by atoms with van der Waals surface area (Å²) < 4.78 is 4.66. The lowest BCUT2D eigenvalue weighted by Gasteiger charge is -2.04. The van der Waals surface area contributed by atoms with Gasteiger partial charge in [-0.2, -0.15) is 0 Å². The number of carbonyl (C=O) groups is 1. The fourth-order valence-electron chi connectivity index (χ4n) is 1.23. The van der Waals surface area contributed by atoms with Gasteiger partial charge in [0.1, 0.15) is 0 Å². The van der Waals surface area contributed by atoms with Crippen LogP contribution in [0, 0.1) is 6.07 Å². The summed E-state index contributed by atoms with van der Waals surface area (Å²) in [5.41, 5.74) is 1.57. The Morgan fingerprint density at radius 1 is 1.62 bits per heavy atom. The maximum Gasteiger partial charge on any atom is 0.338 e. The minimum Gasteiger partial charge on any atom is -0.465 e. The zero-order valence-electron chi connectivity index (χ0n) is 7.96. The zero-order valence-corrected chi connectivity index (χ0v) is 7.96. The van der Waals surface area contributed by atoms with Crippen LogP contribution >= 0.6 is 0 Å². The van der Waals surface area contributed by atoms with Gasteiger partial charge < -0.3 is 4.74 Å². The van der Waals surface area contributed by atoms with E-state index in [0.717, 1.165) is 18.4 Å². The Kier molecular flexibility index (Phi) is 3.50. The summed E-state index contributed by atoms with van der Waals surface area (Å²) in [7, 11) is 1.39. The standard InChI is InChI=1S/C11H13O2/c1-3-6-9-7-4-5-8-10(9)11(12)13-2/h4-5,8H,3,6H2,1-2H3. The molecular weight excluding hydrogens is 164 g/mol. The van der Waals surface area contributed by atoms with E-state index in [1.165, 1.54) is 7.11 Å². The summed E-state index contributed by atoms with van der Waals surface area (Å²) in [6, 6.07) is 8.44. The molecule has 0 bridgehead atoms. The Labute approximate surface area is 78.5 Å². The van der Waals surface area contributed by atoms with Crippen molar-refractivity contribution in [3.05, 3.63) is 35.4 Å². The predicted molar refractivity (Wildman–Crippen MR) is 50.6 cm³/mol. The third-order valence-electron chi connectivity index (χ3n) is 1.85. The highest BCUT2D eigenvalue weighted by Crippen LogP contribution is 2.11. The van der Waals surface area contributed by atoms with Crippen LogP contribution < -0.4 is 0 Å². The number of esters is 1. The SMILES string of the molecule is CCCc1[c]cccc1C(=O)OC. The zero-order chi connectivity index (χ0) is 9.68. The van der Waals surface area contributed by atoms with Crippen LogP contribution in [0.1, 0.15) is 29.3 Å². The fraction of sp³-hybridized carbons (Fsp3) is 0.364. The molecule has 0 aliphatic rings. The Morgan fingerprint density at radius 2 is 2.38 bits per heavy atom. The van der Waals surface area contributed by atoms with E-state index in [9.17, 15) is 4.79 Å². The highest BCUT2D eigenvalue weighted by Gasteiger charge is 2.09. The van der Waals surface area contributed by atoms with Gasteiger partial charge in [0.15, 0.2) is 0 Å². The molecule has 0 aliphatic heterocycles. The number of aryl methyl sites for hydroxylation is 1. The lowest BCUT2D eigenvalue weighted by atomic mass is 10.0. The number of ether oxygens (including phenoxy) is 1. The van der Waals surface area contributed by atoms with Crippen molar-refractivity contribution in [2.24, 2.45) is 0 Å². The molecule has 69 valence electrons. The number of methoxy groups -OCH3 is 1. The summed E-state index contributed by atoms with van der Waals surface area (Å²) in [5, 5.41) is 0. The molecule has 1 rings (SSSR count). The second-order valence-corrected chi connectivity index (χ2v) is 2.80. The predicted octanol–water partition coefficient (Wildman–Crippen LogP) is 2.23. The topological polar surface area (TPSA) is 26.3 Å². The molecule has 0 aliphatic carbocycles. The van der Waals surface area contributed by atoms with E-state index in [-0.39, 0.29) is 5.97 Å². The first-order valence-corrected chi connectivity index (χ1v) is 4.37. The Hall–Kier alpha value is -1.31. The fourth-order valence-corrected chi connectivity index (χ4v) is 1.23. The average molecular weight is 177 g/mol. The van der Waals surface area contributed by atoms with Gasteiger partial charge in [-0.1, -0.05) is 25.5 Å². The van der Waals surface area contributed by atoms with Crippen molar-refractivity contribution >= 4 is 5.97 Å². The summed E-state index contributed by atoms with van der Waals surface area (Å²) >= 11 is 0. The van der Waals surface area contributed by atoms with Crippen LogP contribution in [-0.2, 0) is 11.2 Å². The minimum atomic E-state index is -0.277. The molecule has 2 nitrogen and oxygen atoms in total. The Morgan fingerprint density at radius 3 is 3.00 bits per heavy atom. The molecule has 0 heterocycles. The quantitative estimate of drug-likeness (QED) is 0.662. The first-order valence-electron chi connectivity index (χ1n) is 4.37. The molecule has 1 aromatic rings. The molecule has 13 heavy (non-hydrogen) atoms.